The fourth-order valence-corrected chi connectivity index (χ4v) is 2.41. The van der Waals surface area contributed by atoms with Gasteiger partial charge in [-0.05, 0) is 39.8 Å². The van der Waals surface area contributed by atoms with E-state index in [0.29, 0.717) is 17.9 Å². The van der Waals surface area contributed by atoms with E-state index >= 15 is 0 Å². The van der Waals surface area contributed by atoms with E-state index in [1.165, 1.54) is 0 Å². The smallest absolute Gasteiger partial charge is 0.268 e. The molecule has 2 heterocycles. The van der Waals surface area contributed by atoms with Crippen molar-refractivity contribution in [1.29, 1.82) is 0 Å². The van der Waals surface area contributed by atoms with Gasteiger partial charge >= 0.3 is 0 Å². The number of hydrogen-bond acceptors (Lipinski definition) is 3. The number of carbonyl (C=O) groups excluding carboxylic acids is 1. The number of rotatable bonds is 4. The molecule has 0 saturated heterocycles. The maximum Gasteiger partial charge on any atom is 0.268 e. The first-order valence-electron chi connectivity index (χ1n) is 6.75. The molecule has 1 unspecified atom stereocenters. The molecule has 0 aliphatic carbocycles. The van der Waals surface area contributed by atoms with Crippen LogP contribution in [0.4, 0.5) is 5.69 Å². The van der Waals surface area contributed by atoms with Crippen molar-refractivity contribution in [3.63, 3.8) is 0 Å². The third kappa shape index (κ3) is 2.71. The third-order valence-electron chi connectivity index (χ3n) is 3.38. The van der Waals surface area contributed by atoms with Crippen LogP contribution in [0.1, 0.15) is 47.5 Å². The first-order valence-corrected chi connectivity index (χ1v) is 6.75. The molecule has 20 heavy (non-hydrogen) atoms. The summed E-state index contributed by atoms with van der Waals surface area (Å²) in [5, 5.41) is 2.98. The van der Waals surface area contributed by atoms with Crippen molar-refractivity contribution >= 4 is 11.6 Å². The SMILES string of the molecule is CCn1cc(N)cc1C(=O)NC(C)c1cc(C)oc1C. The highest BCUT2D eigenvalue weighted by Gasteiger charge is 2.18. The van der Waals surface area contributed by atoms with Gasteiger partial charge in [0.25, 0.3) is 5.91 Å². The number of aromatic nitrogens is 1. The van der Waals surface area contributed by atoms with Gasteiger partial charge in [-0.1, -0.05) is 0 Å². The summed E-state index contributed by atoms with van der Waals surface area (Å²) in [6, 6.07) is 3.54. The first-order chi connectivity index (χ1) is 9.42. The normalized spacial score (nSPS) is 12.4. The van der Waals surface area contributed by atoms with Crippen molar-refractivity contribution in [3.05, 3.63) is 41.1 Å². The van der Waals surface area contributed by atoms with Gasteiger partial charge in [-0.25, -0.2) is 0 Å². The molecule has 0 fully saturated rings. The second-order valence-electron chi connectivity index (χ2n) is 5.01. The summed E-state index contributed by atoms with van der Waals surface area (Å²) in [5.41, 5.74) is 7.92. The summed E-state index contributed by atoms with van der Waals surface area (Å²) in [6.45, 7) is 8.42. The molecule has 0 bridgehead atoms. The highest BCUT2D eigenvalue weighted by Crippen LogP contribution is 2.22. The largest absolute Gasteiger partial charge is 0.466 e. The lowest BCUT2D eigenvalue weighted by Gasteiger charge is -2.14. The molecule has 2 aromatic rings. The van der Waals surface area contributed by atoms with E-state index in [9.17, 15) is 4.79 Å². The Bertz CT molecular complexity index is 625. The maximum atomic E-state index is 12.3. The van der Waals surface area contributed by atoms with Gasteiger partial charge in [0.15, 0.2) is 0 Å². The Labute approximate surface area is 118 Å². The topological polar surface area (TPSA) is 73.2 Å². The number of nitrogens with two attached hydrogens (primary N) is 1. The number of amides is 1. The molecule has 0 aliphatic heterocycles. The standard InChI is InChI=1S/C15H21N3O2/c1-5-18-8-12(16)7-14(18)15(19)17-10(3)13-6-9(2)20-11(13)4/h6-8,10H,5,16H2,1-4H3,(H,17,19). The number of aryl methyl sites for hydroxylation is 3. The molecule has 1 amide bonds. The molecule has 5 heteroatoms. The van der Waals surface area contributed by atoms with Gasteiger partial charge in [-0.3, -0.25) is 4.79 Å². The van der Waals surface area contributed by atoms with E-state index in [1.807, 2.05) is 38.3 Å². The predicted molar refractivity (Wildman–Crippen MR) is 78.6 cm³/mol. The second-order valence-corrected chi connectivity index (χ2v) is 5.01. The Kier molecular flexibility index (Phi) is 3.88. The molecule has 3 N–H and O–H groups in total. The minimum absolute atomic E-state index is 0.110. The molecule has 108 valence electrons. The van der Waals surface area contributed by atoms with Crippen LogP contribution in [-0.4, -0.2) is 10.5 Å². The van der Waals surface area contributed by atoms with Crippen LogP contribution in [0.25, 0.3) is 0 Å². The summed E-state index contributed by atoms with van der Waals surface area (Å²) in [4.78, 5) is 12.3. The fourth-order valence-electron chi connectivity index (χ4n) is 2.41. The van der Waals surface area contributed by atoms with Gasteiger partial charge in [-0.2, -0.15) is 0 Å². The maximum absolute atomic E-state index is 12.3. The molecule has 0 aromatic carbocycles. The summed E-state index contributed by atoms with van der Waals surface area (Å²) in [6.07, 6.45) is 1.77. The van der Waals surface area contributed by atoms with E-state index < -0.39 is 0 Å². The number of anilines is 1. The Morgan fingerprint density at radius 1 is 1.45 bits per heavy atom. The summed E-state index contributed by atoms with van der Waals surface area (Å²) >= 11 is 0. The molecule has 0 spiro atoms. The minimum Gasteiger partial charge on any atom is -0.466 e. The number of hydrogen-bond donors (Lipinski definition) is 2. The van der Waals surface area contributed by atoms with Crippen LogP contribution < -0.4 is 11.1 Å². The predicted octanol–water partition coefficient (Wildman–Crippen LogP) is 2.79. The van der Waals surface area contributed by atoms with Crippen molar-refractivity contribution in [2.75, 3.05) is 5.73 Å². The van der Waals surface area contributed by atoms with Gasteiger partial charge in [-0.15, -0.1) is 0 Å². The van der Waals surface area contributed by atoms with Gasteiger partial charge in [0.2, 0.25) is 0 Å². The average molecular weight is 275 g/mol. The zero-order valence-electron chi connectivity index (χ0n) is 12.4. The second kappa shape index (κ2) is 5.45. The van der Waals surface area contributed by atoms with Crippen LogP contribution in [0.5, 0.6) is 0 Å². The highest BCUT2D eigenvalue weighted by molar-refractivity contribution is 5.94. The van der Waals surface area contributed by atoms with Crippen LogP contribution >= 0.6 is 0 Å². The van der Waals surface area contributed by atoms with E-state index in [-0.39, 0.29) is 11.9 Å². The Balaban J connectivity index is 2.17. The number of carbonyl (C=O) groups is 1. The van der Waals surface area contributed by atoms with Crippen molar-refractivity contribution in [2.24, 2.45) is 0 Å². The Morgan fingerprint density at radius 2 is 2.15 bits per heavy atom. The van der Waals surface area contributed by atoms with E-state index in [1.54, 1.807) is 12.3 Å². The minimum atomic E-state index is -0.130. The first kappa shape index (κ1) is 14.2. The highest BCUT2D eigenvalue weighted by atomic mass is 16.3. The molecule has 2 rings (SSSR count). The van der Waals surface area contributed by atoms with Crippen molar-refractivity contribution < 1.29 is 9.21 Å². The van der Waals surface area contributed by atoms with Gasteiger partial charge in [0, 0.05) is 18.3 Å². The molecule has 5 nitrogen and oxygen atoms in total. The summed E-state index contributed by atoms with van der Waals surface area (Å²) in [5.74, 6) is 1.55. The lowest BCUT2D eigenvalue weighted by Crippen LogP contribution is -2.28. The summed E-state index contributed by atoms with van der Waals surface area (Å²) in [7, 11) is 0. The number of nitrogens with zero attached hydrogens (tertiary/aromatic N) is 1. The van der Waals surface area contributed by atoms with E-state index in [0.717, 1.165) is 17.1 Å². The average Bonchev–Trinajstić information content (AvgIpc) is 2.91. The quantitative estimate of drug-likeness (QED) is 0.901. The van der Waals surface area contributed by atoms with Gasteiger partial charge in [0.05, 0.1) is 11.7 Å². The summed E-state index contributed by atoms with van der Waals surface area (Å²) < 4.78 is 7.33. The van der Waals surface area contributed by atoms with Crippen LogP contribution in [0.3, 0.4) is 0 Å². The Morgan fingerprint density at radius 3 is 2.70 bits per heavy atom. The number of nitrogens with one attached hydrogen (secondary N) is 1. The molecular formula is C15H21N3O2. The zero-order valence-corrected chi connectivity index (χ0v) is 12.4. The van der Waals surface area contributed by atoms with Gasteiger partial charge < -0.3 is 20.0 Å². The molecular weight excluding hydrogens is 254 g/mol. The Hall–Kier alpha value is -2.17. The van der Waals surface area contributed by atoms with E-state index in [4.69, 9.17) is 10.2 Å². The zero-order chi connectivity index (χ0) is 14.9. The van der Waals surface area contributed by atoms with Crippen LogP contribution in [0, 0.1) is 13.8 Å². The lowest BCUT2D eigenvalue weighted by atomic mass is 10.1. The monoisotopic (exact) mass is 275 g/mol. The van der Waals surface area contributed by atoms with Crippen LogP contribution in [-0.2, 0) is 6.54 Å². The van der Waals surface area contributed by atoms with Crippen LogP contribution in [0.15, 0.2) is 22.7 Å². The van der Waals surface area contributed by atoms with E-state index in [2.05, 4.69) is 5.32 Å². The van der Waals surface area contributed by atoms with Crippen LogP contribution in [0.2, 0.25) is 0 Å². The molecule has 0 saturated carbocycles. The number of furan rings is 1. The molecule has 0 aliphatic rings. The van der Waals surface area contributed by atoms with Gasteiger partial charge in [0.1, 0.15) is 17.2 Å². The molecule has 1 atom stereocenters. The lowest BCUT2D eigenvalue weighted by molar-refractivity contribution is 0.0930. The molecule has 0 radical (unpaired) electrons. The van der Waals surface area contributed by atoms with Crippen molar-refractivity contribution in [1.82, 2.24) is 9.88 Å². The fraction of sp³-hybridized carbons (Fsp3) is 0.400. The number of nitrogen functional groups attached to an aromatic ring is 1. The van der Waals surface area contributed by atoms with Crippen molar-refractivity contribution in [2.45, 2.75) is 40.3 Å². The van der Waals surface area contributed by atoms with Crippen molar-refractivity contribution in [3.8, 4) is 0 Å². The third-order valence-corrected chi connectivity index (χ3v) is 3.38. The molecule has 2 aromatic heterocycles.